The molecule has 0 saturated carbocycles. The molecule has 82 valence electrons. The zero-order valence-electron chi connectivity index (χ0n) is 8.89. The van der Waals surface area contributed by atoms with Crippen LogP contribution in [-0.4, -0.2) is 21.2 Å². The fourth-order valence-electron chi connectivity index (χ4n) is 1.71. The molecule has 0 fully saturated rings. The SMILES string of the molecule is Cc1c(C)c2c(C=O)ccnc2n(O)c1=O. The van der Waals surface area contributed by atoms with Crippen molar-refractivity contribution < 1.29 is 10.0 Å². The summed E-state index contributed by atoms with van der Waals surface area (Å²) in [5.74, 6) is 0. The van der Waals surface area contributed by atoms with Gasteiger partial charge in [0.25, 0.3) is 5.56 Å². The van der Waals surface area contributed by atoms with Gasteiger partial charge in [-0.1, -0.05) is 0 Å². The summed E-state index contributed by atoms with van der Waals surface area (Å²) in [6, 6.07) is 1.55. The van der Waals surface area contributed by atoms with Crippen LogP contribution in [0.5, 0.6) is 0 Å². The maximum Gasteiger partial charge on any atom is 0.288 e. The van der Waals surface area contributed by atoms with Crippen molar-refractivity contribution in [2.45, 2.75) is 13.8 Å². The van der Waals surface area contributed by atoms with Gasteiger partial charge in [-0.25, -0.2) is 4.98 Å². The molecule has 0 radical (unpaired) electrons. The van der Waals surface area contributed by atoms with Crippen LogP contribution in [0.25, 0.3) is 11.0 Å². The van der Waals surface area contributed by atoms with Crippen molar-refractivity contribution >= 4 is 17.3 Å². The van der Waals surface area contributed by atoms with E-state index in [1.54, 1.807) is 19.9 Å². The summed E-state index contributed by atoms with van der Waals surface area (Å²) in [5.41, 5.74) is 1.08. The van der Waals surface area contributed by atoms with E-state index < -0.39 is 5.56 Å². The van der Waals surface area contributed by atoms with Gasteiger partial charge in [-0.15, -0.1) is 4.73 Å². The number of aryl methyl sites for hydroxylation is 1. The fraction of sp³-hybridized carbons (Fsp3) is 0.182. The minimum Gasteiger partial charge on any atom is -0.423 e. The predicted molar refractivity (Wildman–Crippen MR) is 58.0 cm³/mol. The highest BCUT2D eigenvalue weighted by molar-refractivity contribution is 5.97. The van der Waals surface area contributed by atoms with Gasteiger partial charge in [0.1, 0.15) is 0 Å². The molecule has 0 aliphatic heterocycles. The molecule has 0 aromatic carbocycles. The van der Waals surface area contributed by atoms with Crippen molar-refractivity contribution in [3.63, 3.8) is 0 Å². The lowest BCUT2D eigenvalue weighted by atomic mass is 10.0. The number of aromatic nitrogens is 2. The summed E-state index contributed by atoms with van der Waals surface area (Å²) in [5, 5.41) is 10.1. The predicted octanol–water partition coefficient (Wildman–Crippen LogP) is 1.06. The number of hydrogen-bond donors (Lipinski definition) is 1. The normalized spacial score (nSPS) is 10.6. The Labute approximate surface area is 90.9 Å². The van der Waals surface area contributed by atoms with Crippen molar-refractivity contribution in [2.75, 3.05) is 0 Å². The average Bonchev–Trinajstić information content (AvgIpc) is 2.32. The first kappa shape index (κ1) is 10.4. The van der Waals surface area contributed by atoms with Crippen LogP contribution in [0.3, 0.4) is 0 Å². The first-order chi connectivity index (χ1) is 7.57. The lowest BCUT2D eigenvalue weighted by molar-refractivity contribution is 0.112. The van der Waals surface area contributed by atoms with Gasteiger partial charge in [-0.2, -0.15) is 0 Å². The molecule has 2 aromatic heterocycles. The van der Waals surface area contributed by atoms with E-state index in [1.165, 1.54) is 6.20 Å². The Morgan fingerprint density at radius 1 is 1.38 bits per heavy atom. The van der Waals surface area contributed by atoms with Crippen molar-refractivity contribution in [3.05, 3.63) is 39.3 Å². The Balaban J connectivity index is 3.14. The van der Waals surface area contributed by atoms with Gasteiger partial charge < -0.3 is 5.21 Å². The van der Waals surface area contributed by atoms with Crippen LogP contribution in [0.4, 0.5) is 0 Å². The second kappa shape index (κ2) is 3.44. The third kappa shape index (κ3) is 1.21. The summed E-state index contributed by atoms with van der Waals surface area (Å²) in [7, 11) is 0. The largest absolute Gasteiger partial charge is 0.423 e. The number of carbonyl (C=O) groups is 1. The molecule has 0 unspecified atom stereocenters. The Hall–Kier alpha value is -2.17. The molecule has 0 aliphatic rings. The molecule has 1 N–H and O–H groups in total. The smallest absolute Gasteiger partial charge is 0.288 e. The number of rotatable bonds is 1. The van der Waals surface area contributed by atoms with Gasteiger partial charge in [0.2, 0.25) is 0 Å². The van der Waals surface area contributed by atoms with Crippen molar-refractivity contribution in [1.82, 2.24) is 9.71 Å². The summed E-state index contributed by atoms with van der Waals surface area (Å²) >= 11 is 0. The van der Waals surface area contributed by atoms with Crippen LogP contribution in [0.15, 0.2) is 17.1 Å². The van der Waals surface area contributed by atoms with E-state index >= 15 is 0 Å². The monoisotopic (exact) mass is 218 g/mol. The van der Waals surface area contributed by atoms with Crippen LogP contribution in [0.2, 0.25) is 0 Å². The number of fused-ring (bicyclic) bond motifs is 1. The van der Waals surface area contributed by atoms with E-state index in [0.717, 1.165) is 0 Å². The van der Waals surface area contributed by atoms with Gasteiger partial charge in [0.05, 0.1) is 0 Å². The number of nitrogens with zero attached hydrogens (tertiary/aromatic N) is 2. The number of hydrogen-bond acceptors (Lipinski definition) is 4. The van der Waals surface area contributed by atoms with Crippen molar-refractivity contribution in [3.8, 4) is 0 Å². The molecule has 2 rings (SSSR count). The highest BCUT2D eigenvalue weighted by Crippen LogP contribution is 2.19. The third-order valence-corrected chi connectivity index (χ3v) is 2.74. The summed E-state index contributed by atoms with van der Waals surface area (Å²) < 4.78 is 0.477. The van der Waals surface area contributed by atoms with Gasteiger partial charge in [0, 0.05) is 22.7 Å². The van der Waals surface area contributed by atoms with Gasteiger partial charge in [0.15, 0.2) is 11.9 Å². The van der Waals surface area contributed by atoms with Gasteiger partial charge >= 0.3 is 0 Å². The van der Waals surface area contributed by atoms with Gasteiger partial charge in [-0.3, -0.25) is 9.59 Å². The molecule has 2 heterocycles. The topological polar surface area (TPSA) is 72.2 Å². The van der Waals surface area contributed by atoms with E-state index in [-0.39, 0.29) is 5.65 Å². The standard InChI is InChI=1S/C11H10N2O3/c1-6-7(2)11(15)13(16)10-9(6)8(5-14)3-4-12-10/h3-5,16H,1-2H3. The van der Waals surface area contributed by atoms with E-state index in [1.807, 2.05) is 0 Å². The quantitative estimate of drug-likeness (QED) is 0.574. The molecular formula is C11H10N2O3. The van der Waals surface area contributed by atoms with E-state index in [9.17, 15) is 14.8 Å². The Kier molecular flexibility index (Phi) is 2.23. The molecule has 0 saturated heterocycles. The van der Waals surface area contributed by atoms with E-state index in [2.05, 4.69) is 4.98 Å². The molecule has 5 nitrogen and oxygen atoms in total. The lowest BCUT2D eigenvalue weighted by Crippen LogP contribution is -2.22. The minimum absolute atomic E-state index is 0.109. The van der Waals surface area contributed by atoms with Crippen molar-refractivity contribution in [2.24, 2.45) is 0 Å². The molecule has 0 bridgehead atoms. The molecule has 5 heteroatoms. The molecule has 0 atom stereocenters. The second-order valence-electron chi connectivity index (χ2n) is 3.58. The van der Waals surface area contributed by atoms with Crippen LogP contribution < -0.4 is 5.56 Å². The highest BCUT2D eigenvalue weighted by Gasteiger charge is 2.13. The Bertz CT molecular complexity index is 644. The van der Waals surface area contributed by atoms with E-state index in [0.29, 0.717) is 33.1 Å². The maximum absolute atomic E-state index is 11.6. The molecule has 16 heavy (non-hydrogen) atoms. The first-order valence-corrected chi connectivity index (χ1v) is 4.73. The number of pyridine rings is 2. The van der Waals surface area contributed by atoms with Crippen LogP contribution in [-0.2, 0) is 0 Å². The van der Waals surface area contributed by atoms with Crippen LogP contribution in [0, 0.1) is 13.8 Å². The number of carbonyl (C=O) groups excluding carboxylic acids is 1. The molecule has 0 amide bonds. The lowest BCUT2D eigenvalue weighted by Gasteiger charge is -2.09. The molecule has 2 aromatic rings. The molecule has 0 spiro atoms. The first-order valence-electron chi connectivity index (χ1n) is 4.73. The molecule has 0 aliphatic carbocycles. The number of aldehydes is 1. The zero-order valence-corrected chi connectivity index (χ0v) is 8.89. The zero-order chi connectivity index (χ0) is 11.9. The van der Waals surface area contributed by atoms with Crippen LogP contribution in [0.1, 0.15) is 21.5 Å². The van der Waals surface area contributed by atoms with Crippen LogP contribution >= 0.6 is 0 Å². The highest BCUT2D eigenvalue weighted by atomic mass is 16.5. The average molecular weight is 218 g/mol. The van der Waals surface area contributed by atoms with Crippen molar-refractivity contribution in [1.29, 1.82) is 0 Å². The summed E-state index contributed by atoms with van der Waals surface area (Å²) in [6.07, 6.45) is 2.06. The fourth-order valence-corrected chi connectivity index (χ4v) is 1.71. The Morgan fingerprint density at radius 2 is 2.06 bits per heavy atom. The minimum atomic E-state index is -0.513. The Morgan fingerprint density at radius 3 is 2.69 bits per heavy atom. The molecular weight excluding hydrogens is 208 g/mol. The van der Waals surface area contributed by atoms with Gasteiger partial charge in [-0.05, 0) is 25.5 Å². The second-order valence-corrected chi connectivity index (χ2v) is 3.58. The maximum atomic E-state index is 11.6. The third-order valence-electron chi connectivity index (χ3n) is 2.74. The summed E-state index contributed by atoms with van der Waals surface area (Å²) in [4.78, 5) is 26.4. The van der Waals surface area contributed by atoms with E-state index in [4.69, 9.17) is 0 Å². The summed E-state index contributed by atoms with van der Waals surface area (Å²) in [6.45, 7) is 3.33.